The molecule has 1 aromatic heterocycles. The number of rotatable bonds is 5. The molecule has 0 saturated heterocycles. The van der Waals surface area contributed by atoms with Gasteiger partial charge in [-0.3, -0.25) is 0 Å². The molecular formula is C15H18F2N4. The highest BCUT2D eigenvalue weighted by Crippen LogP contribution is 2.26. The Bertz CT molecular complexity index is 644. The van der Waals surface area contributed by atoms with Gasteiger partial charge in [0.05, 0.1) is 0 Å². The molecular weight excluding hydrogens is 274 g/mol. The Hall–Kier alpha value is -2.24. The SMILES string of the molecule is CCCNc1ncc(C)c(Nc2c(F)ccc(C)c2F)n1. The zero-order chi connectivity index (χ0) is 15.4. The van der Waals surface area contributed by atoms with E-state index < -0.39 is 11.6 Å². The predicted octanol–water partition coefficient (Wildman–Crippen LogP) is 3.94. The van der Waals surface area contributed by atoms with Crippen LogP contribution in [0.15, 0.2) is 18.3 Å². The van der Waals surface area contributed by atoms with Crippen molar-refractivity contribution in [2.24, 2.45) is 0 Å². The molecule has 0 unspecified atom stereocenters. The van der Waals surface area contributed by atoms with Gasteiger partial charge in [-0.25, -0.2) is 13.8 Å². The molecule has 0 spiro atoms. The number of nitrogens with one attached hydrogen (secondary N) is 2. The highest BCUT2D eigenvalue weighted by molar-refractivity contribution is 5.62. The van der Waals surface area contributed by atoms with E-state index in [4.69, 9.17) is 0 Å². The lowest BCUT2D eigenvalue weighted by Gasteiger charge is -2.13. The third-order valence-corrected chi connectivity index (χ3v) is 3.03. The van der Waals surface area contributed by atoms with Gasteiger partial charge in [-0.05, 0) is 31.9 Å². The summed E-state index contributed by atoms with van der Waals surface area (Å²) in [4.78, 5) is 8.38. The Kier molecular flexibility index (Phi) is 4.67. The molecule has 2 aromatic rings. The molecule has 1 aromatic carbocycles. The van der Waals surface area contributed by atoms with Crippen molar-refractivity contribution in [3.63, 3.8) is 0 Å². The van der Waals surface area contributed by atoms with Crippen molar-refractivity contribution < 1.29 is 8.78 Å². The van der Waals surface area contributed by atoms with Crippen LogP contribution in [0, 0.1) is 25.5 Å². The van der Waals surface area contributed by atoms with Crippen molar-refractivity contribution in [1.29, 1.82) is 0 Å². The first-order valence-electron chi connectivity index (χ1n) is 6.82. The third kappa shape index (κ3) is 3.45. The number of nitrogens with zero attached hydrogens (tertiary/aromatic N) is 2. The van der Waals surface area contributed by atoms with Gasteiger partial charge >= 0.3 is 0 Å². The fraction of sp³-hybridized carbons (Fsp3) is 0.333. The molecule has 0 aliphatic heterocycles. The Morgan fingerprint density at radius 1 is 1.14 bits per heavy atom. The Morgan fingerprint density at radius 2 is 1.90 bits per heavy atom. The van der Waals surface area contributed by atoms with Crippen LogP contribution in [0.5, 0.6) is 0 Å². The van der Waals surface area contributed by atoms with Gasteiger partial charge < -0.3 is 10.6 Å². The van der Waals surface area contributed by atoms with Crippen LogP contribution in [0.2, 0.25) is 0 Å². The van der Waals surface area contributed by atoms with Crippen molar-refractivity contribution in [2.45, 2.75) is 27.2 Å². The van der Waals surface area contributed by atoms with Crippen molar-refractivity contribution in [1.82, 2.24) is 9.97 Å². The van der Waals surface area contributed by atoms with E-state index in [1.165, 1.54) is 12.1 Å². The van der Waals surface area contributed by atoms with Gasteiger partial charge in [-0.15, -0.1) is 0 Å². The molecule has 0 fully saturated rings. The maximum atomic E-state index is 14.0. The molecule has 6 heteroatoms. The smallest absolute Gasteiger partial charge is 0.224 e. The van der Waals surface area contributed by atoms with Crippen LogP contribution in [0.3, 0.4) is 0 Å². The fourth-order valence-electron chi connectivity index (χ4n) is 1.78. The van der Waals surface area contributed by atoms with Crippen LogP contribution >= 0.6 is 0 Å². The van der Waals surface area contributed by atoms with Crippen LogP contribution in [0.1, 0.15) is 24.5 Å². The summed E-state index contributed by atoms with van der Waals surface area (Å²) in [5.74, 6) is -0.458. The predicted molar refractivity (Wildman–Crippen MR) is 79.9 cm³/mol. The van der Waals surface area contributed by atoms with E-state index in [2.05, 4.69) is 20.6 Å². The molecule has 0 aliphatic rings. The second-order valence-electron chi connectivity index (χ2n) is 4.83. The Labute approximate surface area is 122 Å². The van der Waals surface area contributed by atoms with Gasteiger partial charge in [0, 0.05) is 18.3 Å². The molecule has 0 bridgehead atoms. The minimum absolute atomic E-state index is 0.196. The maximum Gasteiger partial charge on any atom is 0.224 e. The number of hydrogen-bond donors (Lipinski definition) is 2. The van der Waals surface area contributed by atoms with Crippen LogP contribution in [0.25, 0.3) is 0 Å². The average molecular weight is 292 g/mol. The largest absolute Gasteiger partial charge is 0.354 e. The quantitative estimate of drug-likeness (QED) is 0.876. The molecule has 1 heterocycles. The minimum Gasteiger partial charge on any atom is -0.354 e. The highest BCUT2D eigenvalue weighted by atomic mass is 19.1. The van der Waals surface area contributed by atoms with Crippen molar-refractivity contribution in [2.75, 3.05) is 17.2 Å². The van der Waals surface area contributed by atoms with Gasteiger partial charge in [-0.1, -0.05) is 13.0 Å². The van der Waals surface area contributed by atoms with Gasteiger partial charge in [0.15, 0.2) is 5.82 Å². The van der Waals surface area contributed by atoms with Crippen LogP contribution in [-0.2, 0) is 0 Å². The Balaban J connectivity index is 2.33. The summed E-state index contributed by atoms with van der Waals surface area (Å²) in [6.07, 6.45) is 2.54. The van der Waals surface area contributed by atoms with E-state index in [1.807, 2.05) is 6.92 Å². The van der Waals surface area contributed by atoms with Crippen molar-refractivity contribution in [3.8, 4) is 0 Å². The van der Waals surface area contributed by atoms with E-state index in [1.54, 1.807) is 20.0 Å². The zero-order valence-electron chi connectivity index (χ0n) is 12.3. The second kappa shape index (κ2) is 6.47. The average Bonchev–Trinajstić information content (AvgIpc) is 2.48. The zero-order valence-corrected chi connectivity index (χ0v) is 12.3. The monoisotopic (exact) mass is 292 g/mol. The fourth-order valence-corrected chi connectivity index (χ4v) is 1.78. The molecule has 0 atom stereocenters. The number of anilines is 3. The summed E-state index contributed by atoms with van der Waals surface area (Å²) in [7, 11) is 0. The lowest BCUT2D eigenvalue weighted by atomic mass is 10.2. The first kappa shape index (κ1) is 15.2. The molecule has 0 saturated carbocycles. The van der Waals surface area contributed by atoms with E-state index in [0.29, 0.717) is 22.9 Å². The molecule has 2 rings (SSSR count). The van der Waals surface area contributed by atoms with Crippen LogP contribution < -0.4 is 10.6 Å². The molecule has 4 nitrogen and oxygen atoms in total. The highest BCUT2D eigenvalue weighted by Gasteiger charge is 2.13. The lowest BCUT2D eigenvalue weighted by Crippen LogP contribution is -2.08. The van der Waals surface area contributed by atoms with E-state index in [9.17, 15) is 8.78 Å². The summed E-state index contributed by atoms with van der Waals surface area (Å²) in [5, 5.41) is 5.76. The van der Waals surface area contributed by atoms with Crippen molar-refractivity contribution >= 4 is 17.5 Å². The van der Waals surface area contributed by atoms with E-state index in [-0.39, 0.29) is 5.69 Å². The first-order valence-corrected chi connectivity index (χ1v) is 6.82. The van der Waals surface area contributed by atoms with Crippen molar-refractivity contribution in [3.05, 3.63) is 41.1 Å². The molecule has 21 heavy (non-hydrogen) atoms. The van der Waals surface area contributed by atoms with Gasteiger partial charge in [0.25, 0.3) is 0 Å². The van der Waals surface area contributed by atoms with E-state index in [0.717, 1.165) is 13.0 Å². The minimum atomic E-state index is -0.654. The molecule has 0 amide bonds. The second-order valence-corrected chi connectivity index (χ2v) is 4.83. The number of aromatic nitrogens is 2. The lowest BCUT2D eigenvalue weighted by molar-refractivity contribution is 0.584. The standard InChI is InChI=1S/C15H18F2N4/c1-4-7-18-15-19-8-10(3)14(21-15)20-13-11(16)6-5-9(2)12(13)17/h5-6,8H,4,7H2,1-3H3,(H2,18,19,20,21). The number of aryl methyl sites for hydroxylation is 2. The molecule has 112 valence electrons. The maximum absolute atomic E-state index is 14.0. The molecule has 0 aliphatic carbocycles. The van der Waals surface area contributed by atoms with Gasteiger partial charge in [0.1, 0.15) is 17.3 Å². The number of benzene rings is 1. The van der Waals surface area contributed by atoms with Crippen LogP contribution in [-0.4, -0.2) is 16.5 Å². The van der Waals surface area contributed by atoms with Gasteiger partial charge in [0.2, 0.25) is 5.95 Å². The summed E-state index contributed by atoms with van der Waals surface area (Å²) in [6.45, 7) is 6.12. The summed E-state index contributed by atoms with van der Waals surface area (Å²) in [6, 6.07) is 2.63. The molecule has 0 radical (unpaired) electrons. The number of halogens is 2. The first-order chi connectivity index (χ1) is 10.0. The number of hydrogen-bond acceptors (Lipinski definition) is 4. The molecule has 2 N–H and O–H groups in total. The van der Waals surface area contributed by atoms with E-state index >= 15 is 0 Å². The normalized spacial score (nSPS) is 10.5. The summed E-state index contributed by atoms with van der Waals surface area (Å²) in [5.41, 5.74) is 0.880. The van der Waals surface area contributed by atoms with Crippen LogP contribution in [0.4, 0.5) is 26.2 Å². The summed E-state index contributed by atoms with van der Waals surface area (Å²) < 4.78 is 27.8. The topological polar surface area (TPSA) is 49.8 Å². The Morgan fingerprint density at radius 3 is 2.62 bits per heavy atom. The third-order valence-electron chi connectivity index (χ3n) is 3.03. The summed E-state index contributed by atoms with van der Waals surface area (Å²) >= 11 is 0. The van der Waals surface area contributed by atoms with Gasteiger partial charge in [-0.2, -0.15) is 4.98 Å².